The third-order valence-corrected chi connectivity index (χ3v) is 5.19. The van der Waals surface area contributed by atoms with Gasteiger partial charge >= 0.3 is 0 Å². The van der Waals surface area contributed by atoms with Crippen molar-refractivity contribution in [3.05, 3.63) is 35.4 Å². The van der Waals surface area contributed by atoms with Gasteiger partial charge in [0.1, 0.15) is 0 Å². The van der Waals surface area contributed by atoms with E-state index >= 15 is 0 Å². The normalized spacial score (nSPS) is 17.1. The van der Waals surface area contributed by atoms with Crippen LogP contribution in [0.25, 0.3) is 0 Å². The van der Waals surface area contributed by atoms with Crippen molar-refractivity contribution in [2.24, 2.45) is 0 Å². The Morgan fingerprint density at radius 3 is 2.75 bits per heavy atom. The SMILES string of the molecule is CN(Cc1cccc(C#N)c1)S(=O)(=O)N1CCNCC1. The van der Waals surface area contributed by atoms with Crippen molar-refractivity contribution >= 4 is 10.2 Å². The van der Waals surface area contributed by atoms with Crippen molar-refractivity contribution in [1.29, 1.82) is 5.26 Å². The molecule has 1 aromatic carbocycles. The highest BCUT2D eigenvalue weighted by molar-refractivity contribution is 7.86. The maximum absolute atomic E-state index is 12.4. The van der Waals surface area contributed by atoms with E-state index in [-0.39, 0.29) is 6.54 Å². The fraction of sp³-hybridized carbons (Fsp3) is 0.462. The lowest BCUT2D eigenvalue weighted by atomic mass is 10.1. The first-order chi connectivity index (χ1) is 9.54. The molecule has 0 aromatic heterocycles. The third kappa shape index (κ3) is 3.35. The number of hydrogen-bond donors (Lipinski definition) is 1. The molecule has 20 heavy (non-hydrogen) atoms. The van der Waals surface area contributed by atoms with Crippen LogP contribution in [0.5, 0.6) is 0 Å². The third-order valence-electron chi connectivity index (χ3n) is 3.26. The lowest BCUT2D eigenvalue weighted by molar-refractivity contribution is 0.324. The van der Waals surface area contributed by atoms with Crippen molar-refractivity contribution in [3.63, 3.8) is 0 Å². The molecule has 0 saturated carbocycles. The first kappa shape index (κ1) is 14.9. The molecule has 1 saturated heterocycles. The van der Waals surface area contributed by atoms with E-state index in [2.05, 4.69) is 11.4 Å². The summed E-state index contributed by atoms with van der Waals surface area (Å²) in [5, 5.41) is 12.0. The van der Waals surface area contributed by atoms with Crippen LogP contribution in [0, 0.1) is 11.3 Å². The zero-order chi connectivity index (χ0) is 14.6. The number of nitrogens with one attached hydrogen (secondary N) is 1. The molecule has 0 atom stereocenters. The predicted molar refractivity (Wildman–Crippen MR) is 76.0 cm³/mol. The second kappa shape index (κ2) is 6.33. The fourth-order valence-electron chi connectivity index (χ4n) is 2.15. The van der Waals surface area contributed by atoms with Crippen molar-refractivity contribution < 1.29 is 8.42 Å². The Bertz CT molecular complexity index is 603. The summed E-state index contributed by atoms with van der Waals surface area (Å²) in [5.41, 5.74) is 1.35. The summed E-state index contributed by atoms with van der Waals surface area (Å²) in [6.07, 6.45) is 0. The van der Waals surface area contributed by atoms with Crippen LogP contribution in [0.1, 0.15) is 11.1 Å². The van der Waals surface area contributed by atoms with E-state index < -0.39 is 10.2 Å². The Morgan fingerprint density at radius 1 is 1.40 bits per heavy atom. The van der Waals surface area contributed by atoms with Gasteiger partial charge in [-0.1, -0.05) is 12.1 Å². The number of nitrogens with zero attached hydrogens (tertiary/aromatic N) is 3. The Labute approximate surface area is 119 Å². The predicted octanol–water partition coefficient (Wildman–Crippen LogP) is 0.140. The number of hydrogen-bond acceptors (Lipinski definition) is 4. The Balaban J connectivity index is 2.10. The van der Waals surface area contributed by atoms with Gasteiger partial charge in [-0.2, -0.15) is 22.3 Å². The molecule has 7 heteroatoms. The van der Waals surface area contributed by atoms with Crippen molar-refractivity contribution in [2.45, 2.75) is 6.54 Å². The number of rotatable bonds is 4. The Hall–Kier alpha value is -1.46. The first-order valence-corrected chi connectivity index (χ1v) is 7.85. The summed E-state index contributed by atoms with van der Waals surface area (Å²) in [6, 6.07) is 9.06. The molecule has 1 N–H and O–H groups in total. The van der Waals surface area contributed by atoms with E-state index in [1.165, 1.54) is 8.61 Å². The lowest BCUT2D eigenvalue weighted by Crippen LogP contribution is -2.50. The minimum atomic E-state index is -3.44. The number of nitriles is 1. The average molecular weight is 294 g/mol. The van der Waals surface area contributed by atoms with Gasteiger partial charge in [0.25, 0.3) is 10.2 Å². The molecule has 1 aliphatic rings. The molecule has 2 rings (SSSR count). The van der Waals surface area contributed by atoms with Gasteiger partial charge in [0, 0.05) is 39.8 Å². The van der Waals surface area contributed by atoms with Crippen molar-refractivity contribution in [2.75, 3.05) is 33.2 Å². The smallest absolute Gasteiger partial charge is 0.282 e. The van der Waals surface area contributed by atoms with Crippen LogP contribution in [-0.2, 0) is 16.8 Å². The maximum Gasteiger partial charge on any atom is 0.282 e. The maximum atomic E-state index is 12.4. The quantitative estimate of drug-likeness (QED) is 0.857. The highest BCUT2D eigenvalue weighted by atomic mass is 32.2. The minimum Gasteiger partial charge on any atom is -0.314 e. The average Bonchev–Trinajstić information content (AvgIpc) is 2.48. The molecule has 0 aliphatic carbocycles. The van der Waals surface area contributed by atoms with Crippen LogP contribution in [0.2, 0.25) is 0 Å². The largest absolute Gasteiger partial charge is 0.314 e. The molecule has 1 fully saturated rings. The summed E-state index contributed by atoms with van der Waals surface area (Å²) in [6.45, 7) is 2.60. The van der Waals surface area contributed by atoms with E-state index in [4.69, 9.17) is 5.26 Å². The van der Waals surface area contributed by atoms with Gasteiger partial charge in [-0.3, -0.25) is 0 Å². The van der Waals surface area contributed by atoms with Crippen LogP contribution in [0.4, 0.5) is 0 Å². The van der Waals surface area contributed by atoms with Crippen molar-refractivity contribution in [1.82, 2.24) is 13.9 Å². The van der Waals surface area contributed by atoms with Gasteiger partial charge in [0.15, 0.2) is 0 Å². The van der Waals surface area contributed by atoms with E-state index in [1.807, 2.05) is 6.07 Å². The highest BCUT2D eigenvalue weighted by Gasteiger charge is 2.27. The molecule has 0 bridgehead atoms. The zero-order valence-corrected chi connectivity index (χ0v) is 12.2. The lowest BCUT2D eigenvalue weighted by Gasteiger charge is -2.30. The Kier molecular flexibility index (Phi) is 4.73. The Morgan fingerprint density at radius 2 is 2.10 bits per heavy atom. The van der Waals surface area contributed by atoms with Gasteiger partial charge in [0.2, 0.25) is 0 Å². The highest BCUT2D eigenvalue weighted by Crippen LogP contribution is 2.13. The molecule has 0 amide bonds. The second-order valence-corrected chi connectivity index (χ2v) is 6.76. The number of piperazine rings is 1. The van der Waals surface area contributed by atoms with Crippen LogP contribution in [-0.4, -0.2) is 50.3 Å². The monoisotopic (exact) mass is 294 g/mol. The topological polar surface area (TPSA) is 76.4 Å². The molecule has 108 valence electrons. The van der Waals surface area contributed by atoms with Gasteiger partial charge in [-0.15, -0.1) is 0 Å². The molecule has 1 heterocycles. The van der Waals surface area contributed by atoms with E-state index in [0.29, 0.717) is 31.7 Å². The van der Waals surface area contributed by atoms with Gasteiger partial charge in [-0.25, -0.2) is 0 Å². The van der Waals surface area contributed by atoms with E-state index in [0.717, 1.165) is 5.56 Å². The zero-order valence-electron chi connectivity index (χ0n) is 11.4. The molecule has 0 spiro atoms. The molecule has 6 nitrogen and oxygen atoms in total. The molecule has 0 unspecified atom stereocenters. The van der Waals surface area contributed by atoms with Crippen LogP contribution < -0.4 is 5.32 Å². The molecule has 1 aromatic rings. The minimum absolute atomic E-state index is 0.266. The molecule has 0 radical (unpaired) electrons. The molecular formula is C13H18N4O2S. The fourth-order valence-corrected chi connectivity index (χ4v) is 3.50. The molecular weight excluding hydrogens is 276 g/mol. The number of benzene rings is 1. The van der Waals surface area contributed by atoms with E-state index in [1.54, 1.807) is 25.2 Å². The van der Waals surface area contributed by atoms with Crippen LogP contribution >= 0.6 is 0 Å². The first-order valence-electron chi connectivity index (χ1n) is 6.45. The second-order valence-electron chi connectivity index (χ2n) is 4.73. The van der Waals surface area contributed by atoms with Crippen LogP contribution in [0.3, 0.4) is 0 Å². The molecule has 1 aliphatic heterocycles. The summed E-state index contributed by atoms with van der Waals surface area (Å²) in [5.74, 6) is 0. The summed E-state index contributed by atoms with van der Waals surface area (Å²) in [4.78, 5) is 0. The van der Waals surface area contributed by atoms with Gasteiger partial charge < -0.3 is 5.32 Å². The van der Waals surface area contributed by atoms with Gasteiger partial charge in [-0.05, 0) is 17.7 Å². The summed E-state index contributed by atoms with van der Waals surface area (Å²) in [7, 11) is -1.87. The summed E-state index contributed by atoms with van der Waals surface area (Å²) < 4.78 is 27.6. The van der Waals surface area contributed by atoms with Crippen LogP contribution in [0.15, 0.2) is 24.3 Å². The summed E-state index contributed by atoms with van der Waals surface area (Å²) >= 11 is 0. The van der Waals surface area contributed by atoms with Crippen molar-refractivity contribution in [3.8, 4) is 6.07 Å². The standard InChI is InChI=1S/C13H18N4O2S/c1-16(11-13-4-2-3-12(9-13)10-14)20(18,19)17-7-5-15-6-8-17/h2-4,9,15H,5-8,11H2,1H3. The van der Waals surface area contributed by atoms with E-state index in [9.17, 15) is 8.42 Å². The van der Waals surface area contributed by atoms with Gasteiger partial charge in [0.05, 0.1) is 11.6 Å².